The zero-order chi connectivity index (χ0) is 11.1. The molecule has 1 atom stereocenters. The van der Waals surface area contributed by atoms with E-state index in [0.717, 1.165) is 17.9 Å². The van der Waals surface area contributed by atoms with E-state index in [9.17, 15) is 4.39 Å². The highest BCUT2D eigenvalue weighted by Gasteiger charge is 2.06. The third-order valence-corrected chi connectivity index (χ3v) is 2.75. The minimum Gasteiger partial charge on any atom is -0.394 e. The first-order valence-corrected chi connectivity index (χ1v) is 6.27. The Morgan fingerprint density at radius 2 is 2.07 bits per heavy atom. The quantitative estimate of drug-likeness (QED) is 0.785. The van der Waals surface area contributed by atoms with Gasteiger partial charge in [0.1, 0.15) is 5.82 Å². The predicted octanol–water partition coefficient (Wildman–Crippen LogP) is 2.35. The van der Waals surface area contributed by atoms with Gasteiger partial charge in [-0.3, -0.25) is 0 Å². The van der Waals surface area contributed by atoms with Crippen molar-refractivity contribution in [2.75, 3.05) is 23.9 Å². The molecule has 1 aromatic rings. The minimum atomic E-state index is -0.245. The van der Waals surface area contributed by atoms with Gasteiger partial charge in [-0.25, -0.2) is 4.39 Å². The number of rotatable bonds is 6. The lowest BCUT2D eigenvalue weighted by Crippen LogP contribution is -2.24. The Balaban J connectivity index is 2.47. The lowest BCUT2D eigenvalue weighted by Gasteiger charge is -2.16. The van der Waals surface area contributed by atoms with Gasteiger partial charge in [0, 0.05) is 11.7 Å². The van der Waals surface area contributed by atoms with Crippen LogP contribution >= 0.6 is 11.8 Å². The van der Waals surface area contributed by atoms with E-state index in [4.69, 9.17) is 5.11 Å². The third kappa shape index (κ3) is 4.53. The maximum atomic E-state index is 12.6. The fourth-order valence-electron chi connectivity index (χ4n) is 1.25. The van der Waals surface area contributed by atoms with Gasteiger partial charge in [-0.2, -0.15) is 11.8 Å². The molecule has 0 aliphatic rings. The van der Waals surface area contributed by atoms with E-state index in [1.165, 1.54) is 12.1 Å². The second-order valence-electron chi connectivity index (χ2n) is 3.31. The Kier molecular flexibility index (Phi) is 5.50. The fourth-order valence-corrected chi connectivity index (χ4v) is 1.77. The van der Waals surface area contributed by atoms with E-state index in [0.29, 0.717) is 0 Å². The molecule has 2 nitrogen and oxygen atoms in total. The van der Waals surface area contributed by atoms with Crippen LogP contribution in [0.1, 0.15) is 6.42 Å². The molecule has 0 fully saturated rings. The molecule has 1 rings (SSSR count). The molecule has 0 aliphatic heterocycles. The van der Waals surface area contributed by atoms with Crippen LogP contribution in [-0.4, -0.2) is 29.8 Å². The number of halogens is 1. The summed E-state index contributed by atoms with van der Waals surface area (Å²) < 4.78 is 12.6. The van der Waals surface area contributed by atoms with Crippen LogP contribution in [0, 0.1) is 5.82 Å². The van der Waals surface area contributed by atoms with Crippen LogP contribution in [0.3, 0.4) is 0 Å². The summed E-state index contributed by atoms with van der Waals surface area (Å²) in [4.78, 5) is 0. The first-order chi connectivity index (χ1) is 7.26. The van der Waals surface area contributed by atoms with Crippen LogP contribution in [0.25, 0.3) is 0 Å². The van der Waals surface area contributed by atoms with Crippen LogP contribution in [0.5, 0.6) is 0 Å². The molecule has 0 aromatic heterocycles. The number of aliphatic hydroxyl groups excluding tert-OH is 1. The molecule has 0 saturated carbocycles. The molecule has 2 N–H and O–H groups in total. The van der Waals surface area contributed by atoms with E-state index in [2.05, 4.69) is 5.32 Å². The average Bonchev–Trinajstić information content (AvgIpc) is 2.27. The predicted molar refractivity (Wildman–Crippen MR) is 63.9 cm³/mol. The van der Waals surface area contributed by atoms with E-state index in [1.807, 2.05) is 6.26 Å². The van der Waals surface area contributed by atoms with Crippen LogP contribution in [0.4, 0.5) is 10.1 Å². The Bertz CT molecular complexity index is 278. The molecular weight excluding hydrogens is 213 g/mol. The number of thioether (sulfide) groups is 1. The molecular formula is C11H16FNOS. The summed E-state index contributed by atoms with van der Waals surface area (Å²) in [6, 6.07) is 6.22. The van der Waals surface area contributed by atoms with Crippen LogP contribution in [-0.2, 0) is 0 Å². The molecule has 4 heteroatoms. The summed E-state index contributed by atoms with van der Waals surface area (Å²) in [7, 11) is 0. The summed E-state index contributed by atoms with van der Waals surface area (Å²) in [5.41, 5.74) is 0.844. The van der Waals surface area contributed by atoms with Crippen molar-refractivity contribution in [1.29, 1.82) is 0 Å². The maximum absolute atomic E-state index is 12.6. The lowest BCUT2D eigenvalue weighted by molar-refractivity contribution is 0.272. The third-order valence-electron chi connectivity index (χ3n) is 2.11. The smallest absolute Gasteiger partial charge is 0.123 e. The Hall–Kier alpha value is -0.740. The molecule has 0 heterocycles. The molecule has 0 saturated heterocycles. The van der Waals surface area contributed by atoms with Crippen LogP contribution < -0.4 is 5.32 Å². The van der Waals surface area contributed by atoms with Crippen molar-refractivity contribution in [1.82, 2.24) is 0 Å². The van der Waals surface area contributed by atoms with Crippen molar-refractivity contribution in [2.24, 2.45) is 0 Å². The number of aliphatic hydroxyl groups is 1. The second kappa shape index (κ2) is 6.69. The topological polar surface area (TPSA) is 32.3 Å². The van der Waals surface area contributed by atoms with E-state index < -0.39 is 0 Å². The Labute approximate surface area is 93.9 Å². The zero-order valence-electron chi connectivity index (χ0n) is 8.74. The van der Waals surface area contributed by atoms with Gasteiger partial charge in [0.25, 0.3) is 0 Å². The Morgan fingerprint density at radius 1 is 1.40 bits per heavy atom. The number of nitrogens with one attached hydrogen (secondary N) is 1. The van der Waals surface area contributed by atoms with Crippen molar-refractivity contribution in [3.05, 3.63) is 30.1 Å². The highest BCUT2D eigenvalue weighted by molar-refractivity contribution is 7.98. The summed E-state index contributed by atoms with van der Waals surface area (Å²) in [5, 5.41) is 12.3. The normalized spacial score (nSPS) is 12.5. The fraction of sp³-hybridized carbons (Fsp3) is 0.455. The number of anilines is 1. The highest BCUT2D eigenvalue weighted by Crippen LogP contribution is 2.11. The standard InChI is InChI=1S/C11H16FNOS/c1-15-7-6-11(8-14)13-10-4-2-9(12)3-5-10/h2-5,11,13-14H,6-8H2,1H3. The molecule has 1 aromatic carbocycles. The highest BCUT2D eigenvalue weighted by atomic mass is 32.2. The van der Waals surface area contributed by atoms with Crippen molar-refractivity contribution in [3.63, 3.8) is 0 Å². The van der Waals surface area contributed by atoms with Gasteiger partial charge in [-0.15, -0.1) is 0 Å². The molecule has 0 amide bonds. The summed E-state index contributed by atoms with van der Waals surface area (Å²) in [5.74, 6) is 0.754. The molecule has 0 bridgehead atoms. The van der Waals surface area contributed by atoms with Crippen molar-refractivity contribution < 1.29 is 9.50 Å². The minimum absolute atomic E-state index is 0.0444. The number of hydrogen-bond donors (Lipinski definition) is 2. The first-order valence-electron chi connectivity index (χ1n) is 4.88. The van der Waals surface area contributed by atoms with Gasteiger partial charge in [0.2, 0.25) is 0 Å². The van der Waals surface area contributed by atoms with Crippen molar-refractivity contribution in [3.8, 4) is 0 Å². The van der Waals surface area contributed by atoms with Crippen molar-refractivity contribution >= 4 is 17.4 Å². The first kappa shape index (κ1) is 12.3. The van der Waals surface area contributed by atoms with Crippen LogP contribution in [0.15, 0.2) is 24.3 Å². The van der Waals surface area contributed by atoms with Gasteiger partial charge in [-0.05, 0) is 42.7 Å². The Morgan fingerprint density at radius 3 is 2.60 bits per heavy atom. The number of hydrogen-bond acceptors (Lipinski definition) is 3. The molecule has 84 valence electrons. The van der Waals surface area contributed by atoms with Gasteiger partial charge in [0.15, 0.2) is 0 Å². The van der Waals surface area contributed by atoms with Gasteiger partial charge < -0.3 is 10.4 Å². The summed E-state index contributed by atoms with van der Waals surface area (Å²) >= 11 is 1.75. The largest absolute Gasteiger partial charge is 0.394 e. The maximum Gasteiger partial charge on any atom is 0.123 e. The van der Waals surface area contributed by atoms with Crippen LogP contribution in [0.2, 0.25) is 0 Å². The average molecular weight is 229 g/mol. The summed E-state index contributed by atoms with van der Waals surface area (Å²) in [6.07, 6.45) is 2.93. The number of benzene rings is 1. The lowest BCUT2D eigenvalue weighted by atomic mass is 10.2. The van der Waals surface area contributed by atoms with E-state index in [1.54, 1.807) is 23.9 Å². The molecule has 0 aliphatic carbocycles. The molecule has 0 radical (unpaired) electrons. The van der Waals surface area contributed by atoms with Gasteiger partial charge >= 0.3 is 0 Å². The van der Waals surface area contributed by atoms with E-state index in [-0.39, 0.29) is 18.5 Å². The SMILES string of the molecule is CSCCC(CO)Nc1ccc(F)cc1. The summed E-state index contributed by atoms with van der Waals surface area (Å²) in [6.45, 7) is 0.0952. The van der Waals surface area contributed by atoms with E-state index >= 15 is 0 Å². The van der Waals surface area contributed by atoms with Gasteiger partial charge in [0.05, 0.1) is 6.61 Å². The monoisotopic (exact) mass is 229 g/mol. The van der Waals surface area contributed by atoms with Crippen molar-refractivity contribution in [2.45, 2.75) is 12.5 Å². The second-order valence-corrected chi connectivity index (χ2v) is 4.30. The zero-order valence-corrected chi connectivity index (χ0v) is 9.56. The molecule has 15 heavy (non-hydrogen) atoms. The van der Waals surface area contributed by atoms with Gasteiger partial charge in [-0.1, -0.05) is 0 Å². The molecule has 1 unspecified atom stereocenters. The molecule has 0 spiro atoms.